The molecule has 1 saturated carbocycles. The highest BCUT2D eigenvalue weighted by Gasteiger charge is 2.41. The van der Waals surface area contributed by atoms with E-state index < -0.39 is 0 Å². The van der Waals surface area contributed by atoms with Gasteiger partial charge in [-0.05, 0) is 50.4 Å². The highest BCUT2D eigenvalue weighted by atomic mass is 32.2. The zero-order valence-corrected chi connectivity index (χ0v) is 13.2. The summed E-state index contributed by atoms with van der Waals surface area (Å²) in [6.07, 6.45) is 8.35. The Bertz CT molecular complexity index is 425. The second-order valence-electron chi connectivity index (χ2n) is 6.15. The van der Waals surface area contributed by atoms with Gasteiger partial charge in [0.2, 0.25) is 0 Å². The molecule has 1 aliphatic heterocycles. The summed E-state index contributed by atoms with van der Waals surface area (Å²) < 4.78 is 6.36. The van der Waals surface area contributed by atoms with Crippen molar-refractivity contribution >= 4 is 11.8 Å². The van der Waals surface area contributed by atoms with Gasteiger partial charge >= 0.3 is 0 Å². The summed E-state index contributed by atoms with van der Waals surface area (Å²) in [5.41, 5.74) is 1.63. The van der Waals surface area contributed by atoms with Crippen LogP contribution < -0.4 is 5.32 Å². The van der Waals surface area contributed by atoms with E-state index in [4.69, 9.17) is 4.74 Å². The smallest absolute Gasteiger partial charge is 0.0687 e. The summed E-state index contributed by atoms with van der Waals surface area (Å²) in [5.74, 6) is 1.10. The van der Waals surface area contributed by atoms with Crippen molar-refractivity contribution in [2.24, 2.45) is 0 Å². The molecule has 1 unspecified atom stereocenters. The van der Waals surface area contributed by atoms with Crippen molar-refractivity contribution in [2.75, 3.05) is 12.8 Å². The Kier molecular flexibility index (Phi) is 4.69. The molecule has 1 saturated heterocycles. The Morgan fingerprint density at radius 2 is 1.95 bits per heavy atom. The normalized spacial score (nSPS) is 24.6. The molecule has 1 aromatic rings. The molecule has 1 N–H and O–H groups in total. The van der Waals surface area contributed by atoms with Gasteiger partial charge in [-0.3, -0.25) is 0 Å². The first-order valence-corrected chi connectivity index (χ1v) is 8.82. The van der Waals surface area contributed by atoms with Crippen molar-refractivity contribution in [1.29, 1.82) is 0 Å². The molecule has 0 amide bonds. The van der Waals surface area contributed by atoms with Gasteiger partial charge in [-0.2, -0.15) is 0 Å². The summed E-state index contributed by atoms with van der Waals surface area (Å²) in [4.78, 5) is 1.36. The van der Waals surface area contributed by atoms with Crippen molar-refractivity contribution in [3.8, 4) is 0 Å². The van der Waals surface area contributed by atoms with E-state index in [1.54, 1.807) is 0 Å². The van der Waals surface area contributed by atoms with Gasteiger partial charge in [-0.25, -0.2) is 0 Å². The molecule has 0 radical (unpaired) electrons. The fourth-order valence-electron chi connectivity index (χ4n) is 3.50. The third kappa shape index (κ3) is 3.38. The first kappa shape index (κ1) is 14.4. The number of benzene rings is 1. The van der Waals surface area contributed by atoms with Crippen LogP contribution in [-0.2, 0) is 11.3 Å². The first-order chi connectivity index (χ1) is 9.80. The lowest BCUT2D eigenvalue weighted by molar-refractivity contribution is -0.0267. The highest BCUT2D eigenvalue weighted by molar-refractivity contribution is 7.99. The Hall–Kier alpha value is -0.510. The van der Waals surface area contributed by atoms with E-state index in [2.05, 4.69) is 29.6 Å². The molecule has 2 nitrogen and oxygen atoms in total. The van der Waals surface area contributed by atoms with Crippen LogP contribution in [0.2, 0.25) is 0 Å². The summed E-state index contributed by atoms with van der Waals surface area (Å²) in [5, 5.41) is 3.18. The van der Waals surface area contributed by atoms with Gasteiger partial charge in [-0.1, -0.05) is 25.0 Å². The lowest BCUT2D eigenvalue weighted by Gasteiger charge is -2.23. The number of thioether (sulfide) groups is 1. The maximum absolute atomic E-state index is 6.36. The molecular weight excluding hydrogens is 266 g/mol. The SMILES string of the molecule is CNCc1ccc(SCC2CCC3(CCCC3)O2)cc1. The lowest BCUT2D eigenvalue weighted by Crippen LogP contribution is -2.25. The van der Waals surface area contributed by atoms with E-state index in [-0.39, 0.29) is 5.60 Å². The number of ether oxygens (including phenoxy) is 1. The minimum atomic E-state index is 0.280. The molecule has 110 valence electrons. The lowest BCUT2D eigenvalue weighted by atomic mass is 9.98. The fourth-order valence-corrected chi connectivity index (χ4v) is 4.44. The molecule has 0 aromatic heterocycles. The van der Waals surface area contributed by atoms with Gasteiger partial charge in [0, 0.05) is 17.2 Å². The first-order valence-electron chi connectivity index (χ1n) is 7.84. The van der Waals surface area contributed by atoms with Crippen LogP contribution in [0.5, 0.6) is 0 Å². The second kappa shape index (κ2) is 6.50. The zero-order valence-electron chi connectivity index (χ0n) is 12.4. The number of nitrogens with one attached hydrogen (secondary N) is 1. The molecule has 3 rings (SSSR count). The summed E-state index contributed by atoms with van der Waals surface area (Å²) >= 11 is 1.94. The van der Waals surface area contributed by atoms with E-state index in [1.807, 2.05) is 18.8 Å². The highest BCUT2D eigenvalue weighted by Crippen LogP contribution is 2.44. The maximum Gasteiger partial charge on any atom is 0.0687 e. The molecule has 2 aliphatic rings. The van der Waals surface area contributed by atoms with Crippen molar-refractivity contribution in [2.45, 2.75) is 61.7 Å². The Morgan fingerprint density at radius 3 is 2.65 bits per heavy atom. The molecule has 0 bridgehead atoms. The van der Waals surface area contributed by atoms with Gasteiger partial charge in [-0.15, -0.1) is 11.8 Å². The molecular formula is C17H25NOS. The Morgan fingerprint density at radius 1 is 1.20 bits per heavy atom. The van der Waals surface area contributed by atoms with E-state index >= 15 is 0 Å². The molecule has 1 atom stereocenters. The quantitative estimate of drug-likeness (QED) is 0.829. The van der Waals surface area contributed by atoms with E-state index in [0.717, 1.165) is 12.3 Å². The Balaban J connectivity index is 1.47. The van der Waals surface area contributed by atoms with Crippen LogP contribution in [0.4, 0.5) is 0 Å². The maximum atomic E-state index is 6.36. The third-order valence-electron chi connectivity index (χ3n) is 4.59. The zero-order chi connectivity index (χ0) is 13.8. The molecule has 2 fully saturated rings. The topological polar surface area (TPSA) is 21.3 Å². The molecule has 3 heteroatoms. The average Bonchev–Trinajstić information content (AvgIpc) is 3.09. The predicted molar refractivity (Wildman–Crippen MR) is 85.2 cm³/mol. The number of rotatable bonds is 5. The molecule has 1 spiro atoms. The summed E-state index contributed by atoms with van der Waals surface area (Å²) in [7, 11) is 1.99. The van der Waals surface area contributed by atoms with Crippen LogP contribution >= 0.6 is 11.8 Å². The molecule has 1 heterocycles. The standard InChI is InChI=1S/C17H25NOS/c1-18-12-14-4-6-16(7-5-14)20-13-15-8-11-17(19-15)9-2-3-10-17/h4-7,15,18H,2-3,8-13H2,1H3. The second-order valence-corrected chi connectivity index (χ2v) is 7.25. The van der Waals surface area contributed by atoms with Crippen molar-refractivity contribution in [3.05, 3.63) is 29.8 Å². The van der Waals surface area contributed by atoms with Gasteiger partial charge < -0.3 is 10.1 Å². The van der Waals surface area contributed by atoms with Gasteiger partial charge in [0.25, 0.3) is 0 Å². The fraction of sp³-hybridized carbons (Fsp3) is 0.647. The van der Waals surface area contributed by atoms with Crippen LogP contribution in [0.3, 0.4) is 0 Å². The minimum Gasteiger partial charge on any atom is -0.371 e. The van der Waals surface area contributed by atoms with Crippen molar-refractivity contribution < 1.29 is 4.74 Å². The van der Waals surface area contributed by atoms with Crippen LogP contribution in [0, 0.1) is 0 Å². The molecule has 20 heavy (non-hydrogen) atoms. The average molecular weight is 291 g/mol. The monoisotopic (exact) mass is 291 g/mol. The largest absolute Gasteiger partial charge is 0.371 e. The van der Waals surface area contributed by atoms with Crippen LogP contribution in [0.15, 0.2) is 29.2 Å². The van der Waals surface area contributed by atoms with Crippen LogP contribution in [0.1, 0.15) is 44.1 Å². The summed E-state index contributed by atoms with van der Waals surface area (Å²) in [6.45, 7) is 0.944. The van der Waals surface area contributed by atoms with Crippen LogP contribution in [-0.4, -0.2) is 24.5 Å². The molecule has 1 aromatic carbocycles. The number of hydrogen-bond acceptors (Lipinski definition) is 3. The van der Waals surface area contributed by atoms with E-state index in [1.165, 1.54) is 49.0 Å². The predicted octanol–water partition coefficient (Wildman–Crippen LogP) is 3.99. The number of hydrogen-bond donors (Lipinski definition) is 1. The van der Waals surface area contributed by atoms with Gasteiger partial charge in [0.1, 0.15) is 0 Å². The third-order valence-corrected chi connectivity index (χ3v) is 5.74. The van der Waals surface area contributed by atoms with Crippen molar-refractivity contribution in [1.82, 2.24) is 5.32 Å². The van der Waals surface area contributed by atoms with E-state index in [0.29, 0.717) is 6.10 Å². The van der Waals surface area contributed by atoms with Crippen molar-refractivity contribution in [3.63, 3.8) is 0 Å². The van der Waals surface area contributed by atoms with E-state index in [9.17, 15) is 0 Å². The Labute approximate surface area is 126 Å². The molecule has 1 aliphatic carbocycles. The van der Waals surface area contributed by atoms with Gasteiger partial charge in [0.15, 0.2) is 0 Å². The summed E-state index contributed by atoms with van der Waals surface area (Å²) in [6, 6.07) is 8.90. The van der Waals surface area contributed by atoms with Gasteiger partial charge in [0.05, 0.1) is 11.7 Å². The minimum absolute atomic E-state index is 0.280. The van der Waals surface area contributed by atoms with Crippen LogP contribution in [0.25, 0.3) is 0 Å².